The Morgan fingerprint density at radius 1 is 1.56 bits per heavy atom. The predicted molar refractivity (Wildman–Crippen MR) is 53.5 cm³/mol. The first kappa shape index (κ1) is 12.5. The molecule has 2 rings (SSSR count). The van der Waals surface area contributed by atoms with Crippen molar-refractivity contribution in [2.24, 2.45) is 0 Å². The van der Waals surface area contributed by atoms with Gasteiger partial charge in [-0.2, -0.15) is 4.39 Å². The molecule has 1 aliphatic rings. The zero-order valence-electron chi connectivity index (χ0n) is 8.87. The van der Waals surface area contributed by atoms with Crippen molar-refractivity contribution in [3.63, 3.8) is 0 Å². The summed E-state index contributed by atoms with van der Waals surface area (Å²) >= 11 is 0. The number of carboxylic acid groups (broad SMARTS) is 1. The number of aromatic nitrogens is 2. The molecule has 0 aromatic carbocycles. The highest BCUT2D eigenvalue weighted by molar-refractivity contribution is 5.73. The number of ether oxygens (including phenoxy) is 1. The fraction of sp³-hybridized carbons (Fsp3) is 0.444. The van der Waals surface area contributed by atoms with Gasteiger partial charge in [-0.05, 0) is 0 Å². The Morgan fingerprint density at radius 2 is 2.22 bits per heavy atom. The number of carbonyl (C=O) groups is 1. The Bertz CT molecular complexity index is 593. The lowest BCUT2D eigenvalue weighted by Gasteiger charge is -2.13. The van der Waals surface area contributed by atoms with E-state index in [2.05, 4.69) is 0 Å². The fourth-order valence-electron chi connectivity index (χ4n) is 1.72. The van der Waals surface area contributed by atoms with E-state index in [1.807, 2.05) is 0 Å². The Hall–Kier alpha value is -2.00. The molecule has 18 heavy (non-hydrogen) atoms. The Morgan fingerprint density at radius 3 is 2.78 bits per heavy atom. The van der Waals surface area contributed by atoms with E-state index in [4.69, 9.17) is 9.84 Å². The summed E-state index contributed by atoms with van der Waals surface area (Å²) in [5.74, 6) is -2.59. The van der Waals surface area contributed by atoms with Crippen LogP contribution < -0.4 is 11.2 Å². The van der Waals surface area contributed by atoms with E-state index in [0.717, 1.165) is 0 Å². The van der Waals surface area contributed by atoms with E-state index in [9.17, 15) is 23.9 Å². The lowest BCUT2D eigenvalue weighted by molar-refractivity contribution is -0.155. The third-order valence-corrected chi connectivity index (χ3v) is 2.57. The molecule has 0 bridgehead atoms. The number of aromatic amines is 1. The van der Waals surface area contributed by atoms with Crippen LogP contribution in [0.25, 0.3) is 0 Å². The zero-order chi connectivity index (χ0) is 13.4. The summed E-state index contributed by atoms with van der Waals surface area (Å²) in [7, 11) is 0. The Kier molecular flexibility index (Phi) is 3.01. The standard InChI is InChI=1S/C9H9FN2O6/c10-3-2-12(9(17)11-7(3)14)5-1-4(13)6(18-5)8(15)16/h2,4-6,13H,1H2,(H,15,16)(H,11,14,17)/t4-,5+,6-/m1/s1. The second-order valence-electron chi connectivity index (χ2n) is 3.80. The average Bonchev–Trinajstić information content (AvgIpc) is 2.65. The van der Waals surface area contributed by atoms with Gasteiger partial charge in [-0.1, -0.05) is 0 Å². The molecule has 0 spiro atoms. The molecule has 1 saturated heterocycles. The molecule has 0 amide bonds. The molecule has 0 radical (unpaired) electrons. The van der Waals surface area contributed by atoms with Gasteiger partial charge in [-0.15, -0.1) is 0 Å². The van der Waals surface area contributed by atoms with Crippen molar-refractivity contribution in [1.29, 1.82) is 0 Å². The topological polar surface area (TPSA) is 122 Å². The van der Waals surface area contributed by atoms with Crippen molar-refractivity contribution in [1.82, 2.24) is 9.55 Å². The number of nitrogens with one attached hydrogen (secondary N) is 1. The van der Waals surface area contributed by atoms with Crippen LogP contribution in [0.5, 0.6) is 0 Å². The lowest BCUT2D eigenvalue weighted by atomic mass is 10.2. The molecule has 9 heteroatoms. The number of aliphatic carboxylic acids is 1. The van der Waals surface area contributed by atoms with Crippen LogP contribution in [0.3, 0.4) is 0 Å². The molecule has 0 unspecified atom stereocenters. The maximum atomic E-state index is 13.0. The molecule has 8 nitrogen and oxygen atoms in total. The minimum atomic E-state index is -1.49. The van der Waals surface area contributed by atoms with E-state index in [1.165, 1.54) is 0 Å². The molecule has 0 saturated carbocycles. The van der Waals surface area contributed by atoms with Crippen LogP contribution in [0, 0.1) is 5.82 Å². The van der Waals surface area contributed by atoms with E-state index in [-0.39, 0.29) is 6.42 Å². The summed E-state index contributed by atoms with van der Waals surface area (Å²) in [6.45, 7) is 0. The summed E-state index contributed by atoms with van der Waals surface area (Å²) in [5.41, 5.74) is -2.12. The van der Waals surface area contributed by atoms with Crippen LogP contribution in [0.15, 0.2) is 15.8 Å². The second-order valence-corrected chi connectivity index (χ2v) is 3.80. The molecule has 1 aromatic heterocycles. The summed E-state index contributed by atoms with van der Waals surface area (Å²) in [5, 5.41) is 18.1. The maximum absolute atomic E-state index is 13.0. The molecular formula is C9H9FN2O6. The molecular weight excluding hydrogens is 251 g/mol. The number of halogens is 1. The van der Waals surface area contributed by atoms with E-state index >= 15 is 0 Å². The van der Waals surface area contributed by atoms with Gasteiger partial charge >= 0.3 is 11.7 Å². The Balaban J connectivity index is 2.35. The SMILES string of the molecule is O=C(O)[C@@H]1O[C@H](n2cc(F)c(=O)[nH]c2=O)C[C@H]1O. The van der Waals surface area contributed by atoms with Crippen LogP contribution >= 0.6 is 0 Å². The van der Waals surface area contributed by atoms with E-state index in [1.54, 1.807) is 4.98 Å². The number of hydrogen-bond acceptors (Lipinski definition) is 5. The number of H-pyrrole nitrogens is 1. The highest BCUT2D eigenvalue weighted by atomic mass is 19.1. The first-order valence-corrected chi connectivity index (χ1v) is 4.97. The number of carboxylic acids is 1. The van der Waals surface area contributed by atoms with Crippen molar-refractivity contribution >= 4 is 5.97 Å². The molecule has 1 fully saturated rings. The van der Waals surface area contributed by atoms with Crippen molar-refractivity contribution in [3.8, 4) is 0 Å². The van der Waals surface area contributed by atoms with Crippen LogP contribution in [-0.4, -0.2) is 37.9 Å². The third-order valence-electron chi connectivity index (χ3n) is 2.57. The first-order chi connectivity index (χ1) is 8.40. The summed E-state index contributed by atoms with van der Waals surface area (Å²) in [6, 6.07) is 0. The molecule has 2 heterocycles. The normalized spacial score (nSPS) is 27.3. The van der Waals surface area contributed by atoms with Crippen molar-refractivity contribution in [3.05, 3.63) is 32.9 Å². The van der Waals surface area contributed by atoms with Gasteiger partial charge in [0, 0.05) is 6.42 Å². The van der Waals surface area contributed by atoms with E-state index < -0.39 is 41.5 Å². The predicted octanol–water partition coefficient (Wildman–Crippen LogP) is -1.59. The summed E-state index contributed by atoms with van der Waals surface area (Å²) in [6.07, 6.45) is -3.52. The van der Waals surface area contributed by atoms with Gasteiger partial charge < -0.3 is 14.9 Å². The minimum absolute atomic E-state index is 0.192. The monoisotopic (exact) mass is 260 g/mol. The smallest absolute Gasteiger partial charge is 0.335 e. The lowest BCUT2D eigenvalue weighted by Crippen LogP contribution is -2.34. The summed E-state index contributed by atoms with van der Waals surface area (Å²) < 4.78 is 18.6. The maximum Gasteiger partial charge on any atom is 0.335 e. The fourth-order valence-corrected chi connectivity index (χ4v) is 1.72. The Labute approximate surface area is 98.3 Å². The van der Waals surface area contributed by atoms with Gasteiger partial charge in [0.1, 0.15) is 6.23 Å². The van der Waals surface area contributed by atoms with Gasteiger partial charge in [-0.3, -0.25) is 14.3 Å². The van der Waals surface area contributed by atoms with Crippen molar-refractivity contribution in [2.45, 2.75) is 24.9 Å². The third kappa shape index (κ3) is 2.05. The van der Waals surface area contributed by atoms with Gasteiger partial charge in [0.25, 0.3) is 5.56 Å². The quantitative estimate of drug-likeness (QED) is 0.589. The molecule has 0 aliphatic carbocycles. The average molecular weight is 260 g/mol. The number of aliphatic hydroxyl groups excluding tert-OH is 1. The van der Waals surface area contributed by atoms with E-state index in [0.29, 0.717) is 10.8 Å². The van der Waals surface area contributed by atoms with Crippen LogP contribution in [0.1, 0.15) is 12.6 Å². The highest BCUT2D eigenvalue weighted by Gasteiger charge is 2.40. The zero-order valence-corrected chi connectivity index (χ0v) is 8.87. The van der Waals surface area contributed by atoms with Crippen LogP contribution in [0.2, 0.25) is 0 Å². The number of rotatable bonds is 2. The largest absolute Gasteiger partial charge is 0.479 e. The van der Waals surface area contributed by atoms with Gasteiger partial charge in [0.15, 0.2) is 6.10 Å². The second kappa shape index (κ2) is 4.35. The number of hydrogen-bond donors (Lipinski definition) is 3. The molecule has 1 aliphatic heterocycles. The van der Waals surface area contributed by atoms with Crippen molar-refractivity contribution < 1.29 is 24.1 Å². The van der Waals surface area contributed by atoms with Gasteiger partial charge in [0.2, 0.25) is 5.82 Å². The minimum Gasteiger partial charge on any atom is -0.479 e. The molecule has 1 aromatic rings. The summed E-state index contributed by atoms with van der Waals surface area (Å²) in [4.78, 5) is 34.6. The number of nitrogens with zero attached hydrogens (tertiary/aromatic N) is 1. The van der Waals surface area contributed by atoms with Crippen molar-refractivity contribution in [2.75, 3.05) is 0 Å². The van der Waals surface area contributed by atoms with Crippen LogP contribution in [0.4, 0.5) is 4.39 Å². The molecule has 3 atom stereocenters. The molecule has 98 valence electrons. The molecule has 3 N–H and O–H groups in total. The number of aliphatic hydroxyl groups is 1. The van der Waals surface area contributed by atoms with Gasteiger partial charge in [-0.25, -0.2) is 9.59 Å². The first-order valence-electron chi connectivity index (χ1n) is 4.97. The highest BCUT2D eigenvalue weighted by Crippen LogP contribution is 2.27. The van der Waals surface area contributed by atoms with Gasteiger partial charge in [0.05, 0.1) is 12.3 Å². The van der Waals surface area contributed by atoms with Crippen LogP contribution in [-0.2, 0) is 9.53 Å².